The number of thiazole rings is 1. The molecule has 6 nitrogen and oxygen atoms in total. The lowest BCUT2D eigenvalue weighted by atomic mass is 10.2. The van der Waals surface area contributed by atoms with Crippen LogP contribution in [-0.2, 0) is 17.9 Å². The van der Waals surface area contributed by atoms with Crippen LogP contribution < -0.4 is 0 Å². The third kappa shape index (κ3) is 4.95. The average Bonchev–Trinajstić information content (AvgIpc) is 3.44. The molecule has 1 saturated heterocycles. The Hall–Kier alpha value is -3.29. The van der Waals surface area contributed by atoms with Gasteiger partial charge in [-0.2, -0.15) is 5.10 Å². The van der Waals surface area contributed by atoms with Gasteiger partial charge in [-0.1, -0.05) is 42.5 Å². The lowest BCUT2D eigenvalue weighted by molar-refractivity contribution is -0.127. The summed E-state index contributed by atoms with van der Waals surface area (Å²) < 4.78 is 3.12. The van der Waals surface area contributed by atoms with E-state index in [-0.39, 0.29) is 5.91 Å². The SMILES string of the molecule is O=C(C=Cc1cnn(Cc2ccccc2)c1)N1CCN(Cc2nc3ccccc3s2)CC1. The third-order valence-electron chi connectivity index (χ3n) is 5.64. The number of piperazine rings is 1. The topological polar surface area (TPSA) is 54.3 Å². The molecule has 32 heavy (non-hydrogen) atoms. The van der Waals surface area contributed by atoms with E-state index in [1.165, 1.54) is 10.3 Å². The number of carbonyl (C=O) groups excluding carboxylic acids is 1. The summed E-state index contributed by atoms with van der Waals surface area (Å²) >= 11 is 1.75. The molecule has 4 aromatic rings. The van der Waals surface area contributed by atoms with E-state index >= 15 is 0 Å². The molecule has 2 aromatic carbocycles. The van der Waals surface area contributed by atoms with Gasteiger partial charge in [-0.3, -0.25) is 14.4 Å². The van der Waals surface area contributed by atoms with E-state index in [0.29, 0.717) is 0 Å². The molecule has 1 fully saturated rings. The summed E-state index contributed by atoms with van der Waals surface area (Å²) in [5, 5.41) is 5.53. The molecule has 3 heterocycles. The van der Waals surface area contributed by atoms with Gasteiger partial charge in [0.25, 0.3) is 0 Å². The van der Waals surface area contributed by atoms with Crippen LogP contribution in [0.3, 0.4) is 0 Å². The predicted molar refractivity (Wildman–Crippen MR) is 128 cm³/mol. The Morgan fingerprint density at radius 1 is 0.969 bits per heavy atom. The minimum absolute atomic E-state index is 0.0560. The molecule has 0 aliphatic carbocycles. The van der Waals surface area contributed by atoms with Crippen LogP contribution in [-0.4, -0.2) is 56.7 Å². The van der Waals surface area contributed by atoms with Crippen molar-refractivity contribution < 1.29 is 4.79 Å². The Labute approximate surface area is 191 Å². The molecular formula is C25H25N5OS. The van der Waals surface area contributed by atoms with Crippen LogP contribution in [0.25, 0.3) is 16.3 Å². The van der Waals surface area contributed by atoms with Crippen LogP contribution >= 0.6 is 11.3 Å². The zero-order chi connectivity index (χ0) is 21.8. The molecule has 0 radical (unpaired) electrons. The molecule has 0 saturated carbocycles. The molecule has 0 bridgehead atoms. The fourth-order valence-electron chi connectivity index (χ4n) is 3.90. The normalized spacial score (nSPS) is 15.1. The Morgan fingerprint density at radius 3 is 2.56 bits per heavy atom. The highest BCUT2D eigenvalue weighted by Gasteiger charge is 2.20. The summed E-state index contributed by atoms with van der Waals surface area (Å²) in [6.45, 7) is 4.77. The largest absolute Gasteiger partial charge is 0.337 e. The highest BCUT2D eigenvalue weighted by atomic mass is 32.1. The number of rotatable bonds is 6. The van der Waals surface area contributed by atoms with Crippen molar-refractivity contribution in [3.8, 4) is 0 Å². The van der Waals surface area contributed by atoms with Crippen molar-refractivity contribution in [2.24, 2.45) is 0 Å². The standard InChI is InChI=1S/C25H25N5OS/c31-25(11-10-21-16-26-30(18-21)17-20-6-2-1-3-7-20)29-14-12-28(13-15-29)19-24-27-22-8-4-5-9-23(22)32-24/h1-11,16,18H,12-15,17,19H2. The first-order chi connectivity index (χ1) is 15.7. The van der Waals surface area contributed by atoms with Crippen molar-refractivity contribution in [1.82, 2.24) is 24.6 Å². The lowest BCUT2D eigenvalue weighted by Gasteiger charge is -2.33. The average molecular weight is 444 g/mol. The molecule has 1 aliphatic rings. The van der Waals surface area contributed by atoms with Crippen molar-refractivity contribution in [2.45, 2.75) is 13.1 Å². The Kier molecular flexibility index (Phi) is 6.09. The number of nitrogens with zero attached hydrogens (tertiary/aromatic N) is 5. The van der Waals surface area contributed by atoms with E-state index in [0.717, 1.165) is 55.4 Å². The van der Waals surface area contributed by atoms with Crippen molar-refractivity contribution in [2.75, 3.05) is 26.2 Å². The van der Waals surface area contributed by atoms with Crippen molar-refractivity contribution in [3.63, 3.8) is 0 Å². The van der Waals surface area contributed by atoms with Crippen LogP contribution in [0.5, 0.6) is 0 Å². The fraction of sp³-hybridized carbons (Fsp3) is 0.240. The minimum atomic E-state index is 0.0560. The molecule has 0 N–H and O–H groups in total. The molecule has 0 unspecified atom stereocenters. The maximum Gasteiger partial charge on any atom is 0.246 e. The number of benzene rings is 2. The monoisotopic (exact) mass is 443 g/mol. The molecule has 5 rings (SSSR count). The van der Waals surface area contributed by atoms with E-state index in [1.54, 1.807) is 23.6 Å². The summed E-state index contributed by atoms with van der Waals surface area (Å²) in [7, 11) is 0. The third-order valence-corrected chi connectivity index (χ3v) is 6.66. The van der Waals surface area contributed by atoms with Gasteiger partial charge in [0.2, 0.25) is 5.91 Å². The summed E-state index contributed by atoms with van der Waals surface area (Å²) in [6, 6.07) is 18.5. The Bertz CT molecular complexity index is 1190. The Balaban J connectivity index is 1.11. The summed E-state index contributed by atoms with van der Waals surface area (Å²) in [4.78, 5) is 21.7. The lowest BCUT2D eigenvalue weighted by Crippen LogP contribution is -2.47. The van der Waals surface area contributed by atoms with E-state index in [2.05, 4.69) is 40.3 Å². The maximum atomic E-state index is 12.6. The van der Waals surface area contributed by atoms with Gasteiger partial charge in [-0.15, -0.1) is 11.3 Å². The van der Waals surface area contributed by atoms with Gasteiger partial charge in [0.1, 0.15) is 5.01 Å². The first kappa shape index (κ1) is 20.6. The number of para-hydroxylation sites is 1. The highest BCUT2D eigenvalue weighted by Crippen LogP contribution is 2.23. The first-order valence-electron chi connectivity index (χ1n) is 10.8. The molecule has 0 spiro atoms. The fourth-order valence-corrected chi connectivity index (χ4v) is 4.91. The molecule has 2 aromatic heterocycles. The molecule has 0 atom stereocenters. The van der Waals surface area contributed by atoms with E-state index in [1.807, 2.05) is 46.1 Å². The zero-order valence-corrected chi connectivity index (χ0v) is 18.6. The molecule has 1 aliphatic heterocycles. The molecule has 7 heteroatoms. The second-order valence-corrected chi connectivity index (χ2v) is 9.08. The zero-order valence-electron chi connectivity index (χ0n) is 17.8. The second kappa shape index (κ2) is 9.46. The first-order valence-corrected chi connectivity index (χ1v) is 11.6. The van der Waals surface area contributed by atoms with Crippen molar-refractivity contribution >= 4 is 33.5 Å². The van der Waals surface area contributed by atoms with Crippen LogP contribution in [0.4, 0.5) is 0 Å². The predicted octanol–water partition coefficient (Wildman–Crippen LogP) is 3.90. The number of amides is 1. The van der Waals surface area contributed by atoms with E-state index in [9.17, 15) is 4.79 Å². The van der Waals surface area contributed by atoms with Crippen LogP contribution in [0.1, 0.15) is 16.1 Å². The smallest absolute Gasteiger partial charge is 0.246 e. The second-order valence-electron chi connectivity index (χ2n) is 7.97. The summed E-state index contributed by atoms with van der Waals surface area (Å²) in [5.74, 6) is 0.0560. The number of hydrogen-bond donors (Lipinski definition) is 0. The van der Waals surface area contributed by atoms with Crippen LogP contribution in [0.2, 0.25) is 0 Å². The van der Waals surface area contributed by atoms with Crippen molar-refractivity contribution in [3.05, 3.63) is 89.2 Å². The minimum Gasteiger partial charge on any atom is -0.337 e. The van der Waals surface area contributed by atoms with Gasteiger partial charge in [0.05, 0.1) is 29.5 Å². The number of hydrogen-bond acceptors (Lipinski definition) is 5. The molecular weight excluding hydrogens is 418 g/mol. The van der Waals surface area contributed by atoms with E-state index in [4.69, 9.17) is 4.98 Å². The van der Waals surface area contributed by atoms with Gasteiger partial charge < -0.3 is 4.90 Å². The highest BCUT2D eigenvalue weighted by molar-refractivity contribution is 7.18. The van der Waals surface area contributed by atoms with Crippen LogP contribution in [0, 0.1) is 0 Å². The van der Waals surface area contributed by atoms with Gasteiger partial charge >= 0.3 is 0 Å². The van der Waals surface area contributed by atoms with Gasteiger partial charge in [0, 0.05) is 44.0 Å². The quantitative estimate of drug-likeness (QED) is 0.424. The van der Waals surface area contributed by atoms with Crippen LogP contribution in [0.15, 0.2) is 73.1 Å². The molecule has 1 amide bonds. The Morgan fingerprint density at radius 2 is 1.75 bits per heavy atom. The van der Waals surface area contributed by atoms with Gasteiger partial charge in [-0.25, -0.2) is 4.98 Å². The number of aromatic nitrogens is 3. The molecule has 162 valence electrons. The van der Waals surface area contributed by atoms with E-state index < -0.39 is 0 Å². The summed E-state index contributed by atoms with van der Waals surface area (Å²) in [5.41, 5.74) is 3.20. The van der Waals surface area contributed by atoms with Crippen molar-refractivity contribution in [1.29, 1.82) is 0 Å². The number of fused-ring (bicyclic) bond motifs is 1. The summed E-state index contributed by atoms with van der Waals surface area (Å²) in [6.07, 6.45) is 7.27. The van der Waals surface area contributed by atoms with Gasteiger partial charge in [-0.05, 0) is 23.8 Å². The maximum absolute atomic E-state index is 12.6. The van der Waals surface area contributed by atoms with Gasteiger partial charge in [0.15, 0.2) is 0 Å². The number of carbonyl (C=O) groups is 1.